The van der Waals surface area contributed by atoms with Gasteiger partial charge in [-0.15, -0.1) is 0 Å². The van der Waals surface area contributed by atoms with E-state index in [1.54, 1.807) is 6.08 Å². The van der Waals surface area contributed by atoms with Gasteiger partial charge in [0.1, 0.15) is 5.82 Å². The van der Waals surface area contributed by atoms with Gasteiger partial charge >= 0.3 is 6.18 Å². The molecule has 0 saturated carbocycles. The summed E-state index contributed by atoms with van der Waals surface area (Å²) in [7, 11) is -0.875. The Morgan fingerprint density at radius 1 is 1.19 bits per heavy atom. The Kier molecular flexibility index (Phi) is 8.02. The number of benzene rings is 1. The predicted molar refractivity (Wildman–Crippen MR) is 97.0 cm³/mol. The molecule has 0 atom stereocenters. The van der Waals surface area contributed by atoms with E-state index in [1.807, 2.05) is 6.08 Å². The highest BCUT2D eigenvalue weighted by Gasteiger charge is 2.33. The van der Waals surface area contributed by atoms with Crippen molar-refractivity contribution >= 4 is 8.80 Å². The van der Waals surface area contributed by atoms with Crippen LogP contribution in [0, 0.1) is 23.6 Å². The molecule has 0 bridgehead atoms. The SMILES string of the molecule is Fc1cc(C#C/C=C/[C@H]2CC[Si@H](CCCC(F)F)CC2)ccc1C(F)(F)F. The van der Waals surface area contributed by atoms with Gasteiger partial charge in [-0.05, 0) is 43.0 Å². The maximum Gasteiger partial charge on any atom is 0.419 e. The largest absolute Gasteiger partial charge is 0.419 e. The van der Waals surface area contributed by atoms with E-state index in [4.69, 9.17) is 0 Å². The summed E-state index contributed by atoms with van der Waals surface area (Å²) >= 11 is 0. The highest BCUT2D eigenvalue weighted by atomic mass is 28.3. The lowest BCUT2D eigenvalue weighted by molar-refractivity contribution is -0.140. The Balaban J connectivity index is 1.80. The molecule has 0 unspecified atom stereocenters. The van der Waals surface area contributed by atoms with E-state index in [0.717, 1.165) is 43.1 Å². The minimum Gasteiger partial charge on any atom is -0.211 e. The molecule has 148 valence electrons. The Hall–Kier alpha value is -1.68. The van der Waals surface area contributed by atoms with Crippen LogP contribution in [-0.4, -0.2) is 15.2 Å². The van der Waals surface area contributed by atoms with Crippen LogP contribution in [0.5, 0.6) is 0 Å². The lowest BCUT2D eigenvalue weighted by atomic mass is 10.0. The van der Waals surface area contributed by atoms with Crippen LogP contribution in [0.15, 0.2) is 30.4 Å². The van der Waals surface area contributed by atoms with Crippen molar-refractivity contribution in [2.24, 2.45) is 5.92 Å². The molecule has 0 aliphatic carbocycles. The Morgan fingerprint density at radius 2 is 1.89 bits per heavy atom. The molecule has 1 aromatic carbocycles. The average Bonchev–Trinajstić information content (AvgIpc) is 2.58. The van der Waals surface area contributed by atoms with E-state index in [0.29, 0.717) is 18.4 Å². The van der Waals surface area contributed by atoms with Crippen LogP contribution < -0.4 is 0 Å². The van der Waals surface area contributed by atoms with Gasteiger partial charge < -0.3 is 0 Å². The van der Waals surface area contributed by atoms with Crippen molar-refractivity contribution < 1.29 is 26.3 Å². The van der Waals surface area contributed by atoms with E-state index in [-0.39, 0.29) is 12.0 Å². The number of hydrogen-bond acceptors (Lipinski definition) is 0. The molecule has 0 spiro atoms. The van der Waals surface area contributed by atoms with Crippen molar-refractivity contribution in [3.05, 3.63) is 47.3 Å². The zero-order valence-corrected chi connectivity index (χ0v) is 16.0. The minimum absolute atomic E-state index is 0.00691. The molecule has 1 saturated heterocycles. The lowest BCUT2D eigenvalue weighted by Gasteiger charge is -2.25. The fraction of sp³-hybridized carbons (Fsp3) is 0.500. The third-order valence-corrected chi connectivity index (χ3v) is 8.39. The van der Waals surface area contributed by atoms with E-state index in [9.17, 15) is 26.3 Å². The number of rotatable bonds is 5. The molecular formula is C20H22F6Si. The van der Waals surface area contributed by atoms with Gasteiger partial charge in [-0.25, -0.2) is 13.2 Å². The van der Waals surface area contributed by atoms with Crippen LogP contribution in [0.1, 0.15) is 36.8 Å². The molecular weight excluding hydrogens is 382 g/mol. The topological polar surface area (TPSA) is 0 Å². The summed E-state index contributed by atoms with van der Waals surface area (Å²) in [5.41, 5.74) is -1.10. The second-order valence-electron chi connectivity index (χ2n) is 6.92. The van der Waals surface area contributed by atoms with Gasteiger partial charge in [-0.2, -0.15) is 13.2 Å². The highest BCUT2D eigenvalue weighted by molar-refractivity contribution is 6.58. The normalized spacial score (nSPS) is 20.7. The number of halogens is 6. The molecule has 1 heterocycles. The van der Waals surface area contributed by atoms with Crippen molar-refractivity contribution in [3.8, 4) is 11.8 Å². The standard InChI is InChI=1S/C20H22F6Si/c21-18-14-16(7-8-17(18)20(24,25)26)5-2-1-4-15-9-12-27(13-10-15)11-3-6-19(22)23/h1,4,7-8,14-15,19,27H,3,6,9-13H2/b4-1+/t15-,27-. The molecule has 27 heavy (non-hydrogen) atoms. The van der Waals surface area contributed by atoms with E-state index in [1.165, 1.54) is 0 Å². The van der Waals surface area contributed by atoms with E-state index < -0.39 is 32.8 Å². The van der Waals surface area contributed by atoms with Crippen molar-refractivity contribution in [2.45, 2.75) is 56.4 Å². The zero-order valence-electron chi connectivity index (χ0n) is 14.8. The Labute approximate surface area is 157 Å². The van der Waals surface area contributed by atoms with Gasteiger partial charge in [0.25, 0.3) is 0 Å². The molecule has 1 aliphatic rings. The van der Waals surface area contributed by atoms with E-state index in [2.05, 4.69) is 11.8 Å². The van der Waals surface area contributed by atoms with Crippen molar-refractivity contribution in [1.29, 1.82) is 0 Å². The van der Waals surface area contributed by atoms with Gasteiger partial charge in [0.05, 0.1) is 5.56 Å². The monoisotopic (exact) mass is 404 g/mol. The fourth-order valence-electron chi connectivity index (χ4n) is 3.36. The summed E-state index contributed by atoms with van der Waals surface area (Å²) in [5.74, 6) is 4.47. The highest BCUT2D eigenvalue weighted by Crippen LogP contribution is 2.31. The summed E-state index contributed by atoms with van der Waals surface area (Å²) in [6.07, 6.45) is -0.544. The summed E-state index contributed by atoms with van der Waals surface area (Å²) in [6, 6.07) is 5.93. The summed E-state index contributed by atoms with van der Waals surface area (Å²) in [4.78, 5) is 0. The maximum absolute atomic E-state index is 13.5. The zero-order chi connectivity index (χ0) is 19.9. The fourth-order valence-corrected chi connectivity index (χ4v) is 6.84. The van der Waals surface area contributed by atoms with E-state index >= 15 is 0 Å². The number of allylic oxidation sites excluding steroid dienone is 2. The summed E-state index contributed by atoms with van der Waals surface area (Å²) in [6.45, 7) is 0. The molecule has 0 radical (unpaired) electrons. The smallest absolute Gasteiger partial charge is 0.211 e. The van der Waals surface area contributed by atoms with Gasteiger partial charge in [0, 0.05) is 20.8 Å². The van der Waals surface area contributed by atoms with Crippen molar-refractivity contribution in [1.82, 2.24) is 0 Å². The Bertz CT molecular complexity index is 691. The molecule has 0 N–H and O–H groups in total. The first-order valence-corrected chi connectivity index (χ1v) is 11.5. The molecule has 0 aromatic heterocycles. The molecule has 1 fully saturated rings. The lowest BCUT2D eigenvalue weighted by Crippen LogP contribution is -2.20. The molecule has 7 heteroatoms. The van der Waals surface area contributed by atoms with Crippen LogP contribution in [0.4, 0.5) is 26.3 Å². The third kappa shape index (κ3) is 7.45. The first kappa shape index (κ1) is 21.6. The maximum atomic E-state index is 13.5. The van der Waals surface area contributed by atoms with Gasteiger partial charge in [-0.3, -0.25) is 0 Å². The Morgan fingerprint density at radius 3 is 2.48 bits per heavy atom. The molecule has 0 nitrogen and oxygen atoms in total. The molecule has 0 amide bonds. The summed E-state index contributed by atoms with van der Waals surface area (Å²) in [5, 5.41) is 0. The van der Waals surface area contributed by atoms with Crippen LogP contribution in [0.3, 0.4) is 0 Å². The molecule has 1 aromatic rings. The summed E-state index contributed by atoms with van der Waals surface area (Å²) < 4.78 is 75.3. The predicted octanol–water partition coefficient (Wildman–Crippen LogP) is 6.43. The van der Waals surface area contributed by atoms with Gasteiger partial charge in [0.15, 0.2) is 0 Å². The number of alkyl halides is 5. The van der Waals surface area contributed by atoms with Crippen LogP contribution in [-0.2, 0) is 6.18 Å². The first-order valence-electron chi connectivity index (χ1n) is 9.09. The molecule has 1 aliphatic heterocycles. The van der Waals surface area contributed by atoms with Crippen LogP contribution in [0.2, 0.25) is 18.1 Å². The van der Waals surface area contributed by atoms with Crippen molar-refractivity contribution in [2.75, 3.05) is 0 Å². The second kappa shape index (κ2) is 10.0. The quantitative estimate of drug-likeness (QED) is 0.301. The molecule has 2 rings (SSSR count). The van der Waals surface area contributed by atoms with Crippen molar-refractivity contribution in [3.63, 3.8) is 0 Å². The minimum atomic E-state index is -4.71. The van der Waals surface area contributed by atoms with Gasteiger partial charge in [0.2, 0.25) is 6.43 Å². The average molecular weight is 404 g/mol. The van der Waals surface area contributed by atoms with Gasteiger partial charge in [-0.1, -0.05) is 42.5 Å². The van der Waals surface area contributed by atoms with Crippen LogP contribution in [0.25, 0.3) is 0 Å². The van der Waals surface area contributed by atoms with Crippen LogP contribution >= 0.6 is 0 Å². The number of hydrogen-bond donors (Lipinski definition) is 0. The first-order chi connectivity index (χ1) is 12.8. The second-order valence-corrected chi connectivity index (χ2v) is 10.4. The third-order valence-electron chi connectivity index (χ3n) is 4.87.